The molecule has 0 spiro atoms. The molecule has 0 heterocycles. The summed E-state index contributed by atoms with van der Waals surface area (Å²) >= 11 is 0. The summed E-state index contributed by atoms with van der Waals surface area (Å²) in [5, 5.41) is 7.89. The van der Waals surface area contributed by atoms with Crippen molar-refractivity contribution >= 4 is 10.0 Å². The number of hydrogen-bond acceptors (Lipinski definition) is 3. The van der Waals surface area contributed by atoms with Crippen LogP contribution >= 0.6 is 0 Å². The van der Waals surface area contributed by atoms with Crippen LogP contribution in [0.2, 0.25) is 0 Å². The molecule has 0 aliphatic heterocycles. The van der Waals surface area contributed by atoms with E-state index in [1.807, 2.05) is 0 Å². The molecule has 0 fully saturated rings. The molecule has 0 aromatic carbocycles. The molecule has 1 atom stereocenters. The van der Waals surface area contributed by atoms with Crippen LogP contribution in [0.3, 0.4) is 0 Å². The van der Waals surface area contributed by atoms with Crippen molar-refractivity contribution in [2.75, 3.05) is 13.7 Å². The van der Waals surface area contributed by atoms with Crippen molar-refractivity contribution in [2.24, 2.45) is 0 Å². The molecular formula is C5H13NO3S. The van der Waals surface area contributed by atoms with Crippen molar-refractivity contribution in [3.63, 3.8) is 0 Å². The van der Waals surface area contributed by atoms with Gasteiger partial charge in [0.2, 0.25) is 10.0 Å². The lowest BCUT2D eigenvalue weighted by atomic mass is 10.4. The maximum atomic E-state index is 10.9. The third-order valence-corrected chi connectivity index (χ3v) is 3.21. The Labute approximate surface area is 61.3 Å². The van der Waals surface area contributed by atoms with Gasteiger partial charge in [0.05, 0.1) is 5.25 Å². The highest BCUT2D eigenvalue weighted by molar-refractivity contribution is 7.90. The van der Waals surface area contributed by atoms with Crippen molar-refractivity contribution in [3.8, 4) is 0 Å². The van der Waals surface area contributed by atoms with Crippen LogP contribution in [0.4, 0.5) is 0 Å². The Hall–Kier alpha value is -0.130. The minimum absolute atomic E-state index is 0.0952. The summed E-state index contributed by atoms with van der Waals surface area (Å²) in [6.45, 7) is 1.46. The number of hydrogen-bond donors (Lipinski definition) is 2. The zero-order chi connectivity index (χ0) is 8.20. The zero-order valence-electron chi connectivity index (χ0n) is 6.16. The highest BCUT2D eigenvalue weighted by Crippen LogP contribution is 2.00. The molecule has 2 N–H and O–H groups in total. The quantitative estimate of drug-likeness (QED) is 0.582. The second-order valence-electron chi connectivity index (χ2n) is 2.07. The van der Waals surface area contributed by atoms with Gasteiger partial charge in [-0.1, -0.05) is 0 Å². The number of nitrogens with one attached hydrogen (secondary N) is 1. The average molecular weight is 167 g/mol. The number of rotatable bonds is 4. The highest BCUT2D eigenvalue weighted by atomic mass is 32.2. The summed E-state index contributed by atoms with van der Waals surface area (Å²) < 4.78 is 23.9. The SMILES string of the molecule is CNS(=O)(=O)C(C)CCO. The van der Waals surface area contributed by atoms with Crippen LogP contribution in [0.5, 0.6) is 0 Å². The monoisotopic (exact) mass is 167 g/mol. The first-order valence-electron chi connectivity index (χ1n) is 3.07. The molecule has 0 aromatic heterocycles. The van der Waals surface area contributed by atoms with Crippen LogP contribution in [-0.4, -0.2) is 32.4 Å². The van der Waals surface area contributed by atoms with Crippen molar-refractivity contribution in [2.45, 2.75) is 18.6 Å². The fraction of sp³-hybridized carbons (Fsp3) is 1.00. The van der Waals surface area contributed by atoms with Crippen LogP contribution in [0.25, 0.3) is 0 Å². The van der Waals surface area contributed by atoms with E-state index < -0.39 is 15.3 Å². The molecule has 0 aromatic rings. The molecule has 4 nitrogen and oxygen atoms in total. The second-order valence-corrected chi connectivity index (χ2v) is 4.38. The van der Waals surface area contributed by atoms with Crippen molar-refractivity contribution in [3.05, 3.63) is 0 Å². The van der Waals surface area contributed by atoms with E-state index in [4.69, 9.17) is 5.11 Å². The predicted octanol–water partition coefficient (Wildman–Crippen LogP) is -0.694. The summed E-state index contributed by atoms with van der Waals surface area (Å²) in [7, 11) is -1.81. The van der Waals surface area contributed by atoms with Gasteiger partial charge in [-0.2, -0.15) is 0 Å². The van der Waals surface area contributed by atoms with Gasteiger partial charge in [0.15, 0.2) is 0 Å². The Morgan fingerprint density at radius 3 is 2.40 bits per heavy atom. The second kappa shape index (κ2) is 3.90. The van der Waals surface area contributed by atoms with E-state index in [-0.39, 0.29) is 13.0 Å². The van der Waals surface area contributed by atoms with Gasteiger partial charge < -0.3 is 5.11 Å². The first kappa shape index (κ1) is 9.87. The fourth-order valence-electron chi connectivity index (χ4n) is 0.538. The summed E-state index contributed by atoms with van der Waals surface area (Å²) in [4.78, 5) is 0. The van der Waals surface area contributed by atoms with Gasteiger partial charge in [0, 0.05) is 6.61 Å². The molecular weight excluding hydrogens is 154 g/mol. The van der Waals surface area contributed by atoms with E-state index in [9.17, 15) is 8.42 Å². The fourth-order valence-corrected chi connectivity index (χ4v) is 1.36. The van der Waals surface area contributed by atoms with E-state index in [0.717, 1.165) is 0 Å². The van der Waals surface area contributed by atoms with Gasteiger partial charge in [-0.15, -0.1) is 0 Å². The Morgan fingerprint density at radius 1 is 1.60 bits per heavy atom. The first-order chi connectivity index (χ1) is 4.54. The third-order valence-electron chi connectivity index (χ3n) is 1.35. The molecule has 0 radical (unpaired) electrons. The van der Waals surface area contributed by atoms with Crippen LogP contribution in [0.15, 0.2) is 0 Å². The highest BCUT2D eigenvalue weighted by Gasteiger charge is 2.16. The van der Waals surface area contributed by atoms with E-state index in [0.29, 0.717) is 0 Å². The van der Waals surface area contributed by atoms with Gasteiger partial charge in [-0.3, -0.25) is 0 Å². The first-order valence-corrected chi connectivity index (χ1v) is 4.62. The molecule has 0 saturated heterocycles. The topological polar surface area (TPSA) is 66.4 Å². The molecule has 5 heteroatoms. The lowest BCUT2D eigenvalue weighted by Gasteiger charge is -2.08. The largest absolute Gasteiger partial charge is 0.396 e. The van der Waals surface area contributed by atoms with Crippen LogP contribution in [0, 0.1) is 0 Å². The summed E-state index contributed by atoms with van der Waals surface area (Å²) in [6.07, 6.45) is 0.281. The minimum Gasteiger partial charge on any atom is -0.396 e. The number of aliphatic hydroxyl groups is 1. The van der Waals surface area contributed by atoms with Gasteiger partial charge in [0.25, 0.3) is 0 Å². The maximum Gasteiger partial charge on any atom is 0.214 e. The molecule has 0 aliphatic carbocycles. The Morgan fingerprint density at radius 2 is 2.10 bits per heavy atom. The lowest BCUT2D eigenvalue weighted by molar-refractivity contribution is 0.287. The Balaban J connectivity index is 4.06. The molecule has 0 bridgehead atoms. The Kier molecular flexibility index (Phi) is 3.85. The maximum absolute atomic E-state index is 10.9. The van der Waals surface area contributed by atoms with Crippen molar-refractivity contribution < 1.29 is 13.5 Å². The van der Waals surface area contributed by atoms with E-state index in [2.05, 4.69) is 4.72 Å². The standard InChI is InChI=1S/C5H13NO3S/c1-5(3-4-7)10(8,9)6-2/h5-7H,3-4H2,1-2H3. The van der Waals surface area contributed by atoms with Crippen LogP contribution in [0.1, 0.15) is 13.3 Å². The van der Waals surface area contributed by atoms with E-state index >= 15 is 0 Å². The van der Waals surface area contributed by atoms with Gasteiger partial charge >= 0.3 is 0 Å². The van der Waals surface area contributed by atoms with Crippen molar-refractivity contribution in [1.29, 1.82) is 0 Å². The van der Waals surface area contributed by atoms with E-state index in [1.165, 1.54) is 7.05 Å². The van der Waals surface area contributed by atoms with Gasteiger partial charge in [-0.05, 0) is 20.4 Å². The van der Waals surface area contributed by atoms with Crippen LogP contribution in [-0.2, 0) is 10.0 Å². The molecule has 1 unspecified atom stereocenters. The van der Waals surface area contributed by atoms with Gasteiger partial charge in [0.1, 0.15) is 0 Å². The normalized spacial score (nSPS) is 15.1. The summed E-state index contributed by atoms with van der Waals surface area (Å²) in [5.74, 6) is 0. The summed E-state index contributed by atoms with van der Waals surface area (Å²) in [6, 6.07) is 0. The number of aliphatic hydroxyl groups excluding tert-OH is 1. The zero-order valence-corrected chi connectivity index (χ0v) is 6.98. The molecule has 62 valence electrons. The number of sulfonamides is 1. The van der Waals surface area contributed by atoms with Crippen molar-refractivity contribution in [1.82, 2.24) is 4.72 Å². The average Bonchev–Trinajstić information content (AvgIpc) is 1.89. The molecule has 10 heavy (non-hydrogen) atoms. The molecule has 0 rings (SSSR count). The predicted molar refractivity (Wildman–Crippen MR) is 39.1 cm³/mol. The van der Waals surface area contributed by atoms with Gasteiger partial charge in [-0.25, -0.2) is 13.1 Å². The van der Waals surface area contributed by atoms with Crippen LogP contribution < -0.4 is 4.72 Å². The molecule has 0 saturated carbocycles. The summed E-state index contributed by atoms with van der Waals surface area (Å²) in [5.41, 5.74) is 0. The smallest absolute Gasteiger partial charge is 0.214 e. The van der Waals surface area contributed by atoms with E-state index in [1.54, 1.807) is 6.92 Å². The molecule has 0 amide bonds. The Bertz CT molecular complexity index is 175. The lowest BCUT2D eigenvalue weighted by Crippen LogP contribution is -2.30. The molecule has 0 aliphatic rings. The minimum atomic E-state index is -3.17. The third kappa shape index (κ3) is 2.64.